The maximum atomic E-state index is 11.1. The first-order chi connectivity index (χ1) is 8.69. The fourth-order valence-corrected chi connectivity index (χ4v) is 2.08. The molecule has 0 fully saturated rings. The first kappa shape index (κ1) is 12.4. The Hall–Kier alpha value is -2.03. The van der Waals surface area contributed by atoms with Crippen LogP contribution in [-0.2, 0) is 16.0 Å². The highest BCUT2D eigenvalue weighted by Gasteiger charge is 2.13. The normalized spacial score (nSPS) is 12.1. The molecule has 0 saturated carbocycles. The molecule has 0 aliphatic carbocycles. The number of tetrazole rings is 1. The van der Waals surface area contributed by atoms with E-state index in [9.17, 15) is 4.79 Å². The van der Waals surface area contributed by atoms with E-state index in [1.54, 1.807) is 0 Å². The fraction of sp³-hybridized carbons (Fsp3) is 0.444. The molecular weight excluding hydrogens is 256 g/mol. The van der Waals surface area contributed by atoms with Crippen molar-refractivity contribution in [1.29, 1.82) is 0 Å². The van der Waals surface area contributed by atoms with Crippen molar-refractivity contribution in [1.82, 2.24) is 25.6 Å². The van der Waals surface area contributed by atoms with Crippen LogP contribution in [0.25, 0.3) is 0 Å². The minimum atomic E-state index is -0.307. The molecule has 96 valence electrons. The molecule has 2 N–H and O–H groups in total. The molecule has 1 unspecified atom stereocenters. The number of nitrogens with zero attached hydrogens (tertiary/aromatic N) is 4. The van der Waals surface area contributed by atoms with Crippen molar-refractivity contribution < 1.29 is 9.53 Å². The third kappa shape index (κ3) is 3.00. The van der Waals surface area contributed by atoms with Crippen LogP contribution in [0.3, 0.4) is 0 Å². The van der Waals surface area contributed by atoms with Gasteiger partial charge in [-0.1, -0.05) is 5.21 Å². The van der Waals surface area contributed by atoms with Crippen molar-refractivity contribution in [3.8, 4) is 0 Å². The number of ether oxygens (including phenoxy) is 1. The van der Waals surface area contributed by atoms with Gasteiger partial charge in [-0.2, -0.15) is 5.21 Å². The summed E-state index contributed by atoms with van der Waals surface area (Å²) in [4.78, 5) is 15.4. The quantitative estimate of drug-likeness (QED) is 0.762. The zero-order chi connectivity index (χ0) is 13.0. The Morgan fingerprint density at radius 2 is 2.50 bits per heavy atom. The van der Waals surface area contributed by atoms with E-state index in [-0.39, 0.29) is 18.4 Å². The Morgan fingerprint density at radius 3 is 3.17 bits per heavy atom. The molecule has 1 atom stereocenters. The molecule has 2 aromatic rings. The zero-order valence-electron chi connectivity index (χ0n) is 9.88. The molecule has 0 aliphatic rings. The van der Waals surface area contributed by atoms with Gasteiger partial charge < -0.3 is 10.1 Å². The van der Waals surface area contributed by atoms with Gasteiger partial charge in [0.25, 0.3) is 0 Å². The van der Waals surface area contributed by atoms with Crippen molar-refractivity contribution in [3.63, 3.8) is 0 Å². The Balaban J connectivity index is 1.96. The van der Waals surface area contributed by atoms with Crippen LogP contribution >= 0.6 is 11.3 Å². The van der Waals surface area contributed by atoms with Crippen LogP contribution in [0.1, 0.15) is 24.5 Å². The maximum absolute atomic E-state index is 11.1. The number of anilines is 1. The number of esters is 1. The largest absolute Gasteiger partial charge is 0.469 e. The lowest BCUT2D eigenvalue weighted by Gasteiger charge is -2.07. The van der Waals surface area contributed by atoms with Gasteiger partial charge in [0, 0.05) is 5.38 Å². The highest BCUT2D eigenvalue weighted by Crippen LogP contribution is 2.20. The van der Waals surface area contributed by atoms with Crippen LogP contribution in [0.15, 0.2) is 5.38 Å². The summed E-state index contributed by atoms with van der Waals surface area (Å²) >= 11 is 1.41. The van der Waals surface area contributed by atoms with Gasteiger partial charge in [-0.05, 0) is 6.92 Å². The molecule has 2 rings (SSSR count). The summed E-state index contributed by atoms with van der Waals surface area (Å²) < 4.78 is 4.58. The topological polar surface area (TPSA) is 106 Å². The van der Waals surface area contributed by atoms with E-state index in [0.717, 1.165) is 0 Å². The molecule has 0 radical (unpaired) electrons. The van der Waals surface area contributed by atoms with Crippen LogP contribution in [0.4, 0.5) is 5.13 Å². The number of hydrogen-bond acceptors (Lipinski definition) is 8. The SMILES string of the molecule is COC(=O)Cc1csc(NC(C)c2nn[nH]n2)n1. The molecule has 0 spiro atoms. The molecule has 2 heterocycles. The molecule has 0 bridgehead atoms. The van der Waals surface area contributed by atoms with Crippen molar-refractivity contribution >= 4 is 22.4 Å². The van der Waals surface area contributed by atoms with Gasteiger partial charge in [0.15, 0.2) is 11.0 Å². The van der Waals surface area contributed by atoms with Crippen molar-refractivity contribution in [3.05, 3.63) is 16.9 Å². The average Bonchev–Trinajstić information content (AvgIpc) is 3.00. The third-order valence-corrected chi connectivity index (χ3v) is 3.02. The van der Waals surface area contributed by atoms with Crippen LogP contribution in [0.2, 0.25) is 0 Å². The number of carbonyl (C=O) groups excluding carboxylic acids is 1. The molecule has 0 aliphatic heterocycles. The van der Waals surface area contributed by atoms with Crippen molar-refractivity contribution in [2.24, 2.45) is 0 Å². The smallest absolute Gasteiger partial charge is 0.311 e. The summed E-state index contributed by atoms with van der Waals surface area (Å²) in [6.45, 7) is 1.90. The monoisotopic (exact) mass is 268 g/mol. The number of carbonyl (C=O) groups is 1. The van der Waals surface area contributed by atoms with E-state index in [4.69, 9.17) is 0 Å². The molecule has 9 heteroatoms. The Kier molecular flexibility index (Phi) is 3.82. The van der Waals surface area contributed by atoms with Gasteiger partial charge >= 0.3 is 5.97 Å². The summed E-state index contributed by atoms with van der Waals surface area (Å²) in [5.41, 5.74) is 0.676. The number of nitrogens with one attached hydrogen (secondary N) is 2. The van der Waals surface area contributed by atoms with Crippen LogP contribution in [0.5, 0.6) is 0 Å². The zero-order valence-corrected chi connectivity index (χ0v) is 10.7. The van der Waals surface area contributed by atoms with E-state index in [0.29, 0.717) is 16.6 Å². The summed E-state index contributed by atoms with van der Waals surface area (Å²) in [5.74, 6) is 0.248. The van der Waals surface area contributed by atoms with E-state index >= 15 is 0 Å². The van der Waals surface area contributed by atoms with E-state index in [1.165, 1.54) is 18.4 Å². The maximum Gasteiger partial charge on any atom is 0.311 e. The third-order valence-electron chi connectivity index (χ3n) is 2.19. The van der Waals surface area contributed by atoms with Crippen LogP contribution in [-0.4, -0.2) is 38.7 Å². The Labute approximate surface area is 107 Å². The minimum Gasteiger partial charge on any atom is -0.469 e. The average molecular weight is 268 g/mol. The predicted molar refractivity (Wildman–Crippen MR) is 64.0 cm³/mol. The molecule has 0 amide bonds. The lowest BCUT2D eigenvalue weighted by molar-refractivity contribution is -0.139. The fourth-order valence-electron chi connectivity index (χ4n) is 1.28. The second kappa shape index (κ2) is 5.54. The van der Waals surface area contributed by atoms with Gasteiger partial charge in [-0.3, -0.25) is 4.79 Å². The van der Waals surface area contributed by atoms with Gasteiger partial charge in [0.1, 0.15) is 0 Å². The lowest BCUT2D eigenvalue weighted by Crippen LogP contribution is -2.09. The standard InChI is InChI=1S/C9H12N6O2S/c1-5(8-12-14-15-13-8)10-9-11-6(4-18-9)3-7(16)17-2/h4-5H,3H2,1-2H3,(H,10,11)(H,12,13,14,15). The summed E-state index contributed by atoms with van der Waals surface area (Å²) in [7, 11) is 1.35. The molecule has 2 aromatic heterocycles. The molecule has 8 nitrogen and oxygen atoms in total. The van der Waals surface area contributed by atoms with E-state index in [1.807, 2.05) is 12.3 Å². The minimum absolute atomic E-state index is 0.110. The molecule has 18 heavy (non-hydrogen) atoms. The number of aromatic nitrogens is 5. The number of rotatable bonds is 5. The van der Waals surface area contributed by atoms with Gasteiger partial charge in [-0.15, -0.1) is 21.5 Å². The van der Waals surface area contributed by atoms with E-state index in [2.05, 4.69) is 35.7 Å². The first-order valence-corrected chi connectivity index (χ1v) is 6.08. The highest BCUT2D eigenvalue weighted by atomic mass is 32.1. The predicted octanol–water partition coefficient (Wildman–Crippen LogP) is 0.545. The summed E-state index contributed by atoms with van der Waals surface area (Å²) in [6.07, 6.45) is 0.172. The summed E-state index contributed by atoms with van der Waals surface area (Å²) in [6, 6.07) is -0.110. The number of methoxy groups -OCH3 is 1. The van der Waals surface area contributed by atoms with Gasteiger partial charge in [0.05, 0.1) is 25.3 Å². The Morgan fingerprint density at radius 1 is 1.67 bits per heavy atom. The van der Waals surface area contributed by atoms with Crippen molar-refractivity contribution in [2.45, 2.75) is 19.4 Å². The lowest BCUT2D eigenvalue weighted by atomic mass is 10.3. The van der Waals surface area contributed by atoms with Crippen LogP contribution in [0, 0.1) is 0 Å². The number of H-pyrrole nitrogens is 1. The van der Waals surface area contributed by atoms with Crippen LogP contribution < -0.4 is 5.32 Å². The summed E-state index contributed by atoms with van der Waals surface area (Å²) in [5, 5.41) is 19.3. The second-order valence-corrected chi connectivity index (χ2v) is 4.39. The molecule has 0 aromatic carbocycles. The van der Waals surface area contributed by atoms with Gasteiger partial charge in [0.2, 0.25) is 0 Å². The highest BCUT2D eigenvalue weighted by molar-refractivity contribution is 7.13. The molecular formula is C9H12N6O2S. The number of thiazole rings is 1. The number of hydrogen-bond donors (Lipinski definition) is 2. The van der Waals surface area contributed by atoms with E-state index < -0.39 is 0 Å². The first-order valence-electron chi connectivity index (χ1n) is 5.20. The Bertz CT molecular complexity index is 511. The molecule has 0 saturated heterocycles. The van der Waals surface area contributed by atoms with Crippen molar-refractivity contribution in [2.75, 3.05) is 12.4 Å². The number of aromatic amines is 1. The second-order valence-electron chi connectivity index (χ2n) is 3.53. The van der Waals surface area contributed by atoms with Gasteiger partial charge in [-0.25, -0.2) is 4.98 Å².